The number of nitrogens with one attached hydrogen (secondary N) is 2. The van der Waals surface area contributed by atoms with E-state index in [4.69, 9.17) is 4.52 Å². The van der Waals surface area contributed by atoms with Crippen LogP contribution < -0.4 is 20.4 Å². The van der Waals surface area contributed by atoms with E-state index in [1.165, 1.54) is 16.9 Å². The molecule has 4 rings (SSSR count). The zero-order valence-corrected chi connectivity index (χ0v) is 18.6. The molecule has 0 radical (unpaired) electrons. The number of urea groups is 1. The minimum absolute atomic E-state index is 0.0432. The summed E-state index contributed by atoms with van der Waals surface area (Å²) in [6.07, 6.45) is -1.79. The van der Waals surface area contributed by atoms with Crippen molar-refractivity contribution in [3.05, 3.63) is 95.9 Å². The maximum Gasteiger partial charge on any atom is 0.416 e. The summed E-state index contributed by atoms with van der Waals surface area (Å²) in [5, 5.41) is 20.7. The van der Waals surface area contributed by atoms with Crippen molar-refractivity contribution < 1.29 is 32.3 Å². The lowest BCUT2D eigenvalue weighted by atomic mass is 10.1. The minimum atomic E-state index is -4.72. The fraction of sp³-hybridized carbons (Fsp3) is 0.125. The summed E-state index contributed by atoms with van der Waals surface area (Å²) >= 11 is 0. The van der Waals surface area contributed by atoms with Gasteiger partial charge in [0.1, 0.15) is 5.69 Å². The van der Waals surface area contributed by atoms with Gasteiger partial charge in [0.25, 0.3) is 6.20 Å². The van der Waals surface area contributed by atoms with Crippen LogP contribution in [0.5, 0.6) is 0 Å². The Kier molecular flexibility index (Phi) is 7.23. The number of aliphatic imine (C=N–C) groups is 1. The van der Waals surface area contributed by atoms with Crippen molar-refractivity contribution in [3.8, 4) is 0 Å². The highest BCUT2D eigenvalue weighted by Gasteiger charge is 2.31. The van der Waals surface area contributed by atoms with Crippen molar-refractivity contribution in [2.45, 2.75) is 19.1 Å². The van der Waals surface area contributed by atoms with Gasteiger partial charge < -0.3 is 10.4 Å². The fourth-order valence-corrected chi connectivity index (χ4v) is 3.21. The van der Waals surface area contributed by atoms with Gasteiger partial charge >= 0.3 is 18.1 Å². The predicted molar refractivity (Wildman–Crippen MR) is 121 cm³/mol. The van der Waals surface area contributed by atoms with Gasteiger partial charge in [0, 0.05) is 18.3 Å². The highest BCUT2D eigenvalue weighted by Crippen LogP contribution is 2.34. The van der Waals surface area contributed by atoms with Gasteiger partial charge in [0.05, 0.1) is 11.3 Å². The van der Waals surface area contributed by atoms with Crippen LogP contribution in [0.1, 0.15) is 16.8 Å². The molecule has 0 bridgehead atoms. The average molecular weight is 496 g/mol. The molecule has 0 saturated heterocycles. The second-order valence-electron chi connectivity index (χ2n) is 7.60. The van der Waals surface area contributed by atoms with Crippen LogP contribution in [0.2, 0.25) is 0 Å². The number of carbonyl (C=O) groups excluding carboxylic acids is 1. The van der Waals surface area contributed by atoms with E-state index in [1.807, 2.05) is 0 Å². The van der Waals surface area contributed by atoms with E-state index >= 15 is 0 Å². The molecule has 4 aromatic rings. The number of hydrogen-bond donors (Lipinski definition) is 2. The molecule has 0 aliphatic heterocycles. The number of anilines is 2. The Bertz CT molecular complexity index is 1360. The Morgan fingerprint density at radius 3 is 2.56 bits per heavy atom. The molecule has 0 aliphatic rings. The fourth-order valence-electron chi connectivity index (χ4n) is 3.21. The van der Waals surface area contributed by atoms with Crippen LogP contribution in [0.25, 0.3) is 0 Å². The molecule has 0 aliphatic carbocycles. The molecule has 9 nitrogen and oxygen atoms in total. The second-order valence-corrected chi connectivity index (χ2v) is 7.60. The molecule has 0 fully saturated rings. The Morgan fingerprint density at radius 1 is 1.06 bits per heavy atom. The first-order valence-corrected chi connectivity index (χ1v) is 10.6. The molecule has 2 aromatic heterocycles. The number of nitrogens with zero attached hydrogens (tertiary/aromatic N) is 4. The molecule has 0 saturated carbocycles. The van der Waals surface area contributed by atoms with E-state index in [2.05, 4.69) is 25.9 Å². The molecule has 0 unspecified atom stereocenters. The first-order chi connectivity index (χ1) is 17.2. The van der Waals surface area contributed by atoms with Crippen molar-refractivity contribution in [2.24, 2.45) is 4.99 Å². The van der Waals surface area contributed by atoms with E-state index in [9.17, 15) is 23.1 Å². The van der Waals surface area contributed by atoms with E-state index in [1.54, 1.807) is 54.7 Å². The summed E-state index contributed by atoms with van der Waals surface area (Å²) in [5.41, 5.74) is -0.153. The predicted octanol–water partition coefficient (Wildman–Crippen LogP) is 3.70. The third-order valence-electron chi connectivity index (χ3n) is 4.75. The van der Waals surface area contributed by atoms with Crippen LogP contribution in [-0.2, 0) is 19.1 Å². The lowest BCUT2D eigenvalue weighted by Crippen LogP contribution is -2.35. The van der Waals surface area contributed by atoms with Crippen molar-refractivity contribution in [1.82, 2.24) is 10.3 Å². The number of amides is 2. The van der Waals surface area contributed by atoms with Crippen LogP contribution in [0.4, 0.5) is 35.2 Å². The van der Waals surface area contributed by atoms with Crippen LogP contribution in [0.15, 0.2) is 88.6 Å². The topological polar surface area (TPSA) is 119 Å². The highest BCUT2D eigenvalue weighted by atomic mass is 19.4. The summed E-state index contributed by atoms with van der Waals surface area (Å²) in [5.74, 6) is -0.673. The number of hydrogen-bond acceptors (Lipinski definition) is 6. The van der Waals surface area contributed by atoms with Crippen molar-refractivity contribution in [3.63, 3.8) is 0 Å². The number of carbonyl (C=O) groups is 1. The molecule has 0 spiro atoms. The summed E-state index contributed by atoms with van der Waals surface area (Å²) in [6, 6.07) is 15.8. The van der Waals surface area contributed by atoms with Crippen LogP contribution >= 0.6 is 0 Å². The lowest BCUT2D eigenvalue weighted by molar-refractivity contribution is -0.755. The largest absolute Gasteiger partial charge is 0.861 e. The molecular weight excluding hydrogens is 477 g/mol. The molecule has 2 amide bonds. The maximum atomic E-state index is 13.4. The molecule has 0 atom stereocenters. The van der Waals surface area contributed by atoms with Gasteiger partial charge in [-0.05, 0) is 46.5 Å². The molecule has 2 heterocycles. The molecule has 2 aromatic carbocycles. The highest BCUT2D eigenvalue weighted by molar-refractivity contribution is 5.99. The molecule has 12 heteroatoms. The van der Waals surface area contributed by atoms with Crippen molar-refractivity contribution in [2.75, 3.05) is 10.6 Å². The van der Waals surface area contributed by atoms with Gasteiger partial charge in [0.15, 0.2) is 0 Å². The van der Waals surface area contributed by atoms with Crippen LogP contribution in [0.3, 0.4) is 0 Å². The smallest absolute Gasteiger partial charge is 0.416 e. The minimum Gasteiger partial charge on any atom is -0.861 e. The van der Waals surface area contributed by atoms with Gasteiger partial charge in [-0.3, -0.25) is 19.8 Å². The first-order valence-electron chi connectivity index (χ1n) is 10.6. The van der Waals surface area contributed by atoms with Gasteiger partial charge in [-0.25, -0.2) is 4.79 Å². The first kappa shape index (κ1) is 24.4. The quantitative estimate of drug-likeness (QED) is 0.230. The summed E-state index contributed by atoms with van der Waals surface area (Å²) in [4.78, 5) is 20.3. The van der Waals surface area contributed by atoms with Crippen LogP contribution in [0, 0.1) is 0 Å². The van der Waals surface area contributed by atoms with Crippen molar-refractivity contribution in [1.29, 1.82) is 0 Å². The van der Waals surface area contributed by atoms with Gasteiger partial charge in [-0.1, -0.05) is 36.4 Å². The van der Waals surface area contributed by atoms with Crippen molar-refractivity contribution >= 4 is 29.2 Å². The zero-order valence-electron chi connectivity index (χ0n) is 18.6. The number of alkyl halides is 3. The number of pyridine rings is 1. The summed E-state index contributed by atoms with van der Waals surface area (Å²) in [7, 11) is 0. The zero-order chi connectivity index (χ0) is 25.5. The second kappa shape index (κ2) is 10.7. The Balaban J connectivity index is 1.47. The Morgan fingerprint density at radius 2 is 1.83 bits per heavy atom. The number of aromatic nitrogens is 3. The maximum absolute atomic E-state index is 13.4. The van der Waals surface area contributed by atoms with Gasteiger partial charge in [0.2, 0.25) is 11.8 Å². The van der Waals surface area contributed by atoms with E-state index < -0.39 is 23.7 Å². The molecular formula is C24H19F3N6O3. The van der Waals surface area contributed by atoms with E-state index in [-0.39, 0.29) is 30.2 Å². The molecule has 2 N–H and O–H groups in total. The molecule has 184 valence electrons. The third-order valence-corrected chi connectivity index (χ3v) is 4.75. The Hall–Kier alpha value is -4.74. The number of benzene rings is 2. The van der Waals surface area contributed by atoms with Gasteiger partial charge in [-0.15, -0.1) is 0 Å². The number of halogens is 3. The average Bonchev–Trinajstić information content (AvgIpc) is 3.26. The standard InChI is InChI=1S/C24H19F3N6O3/c25-24(26,27)17-11-19(29-21(34)10-16-6-2-1-3-7-16)13-20(12-17)30-23(35)31-22-15-33(32-36-22)14-18-8-4-5-9-28-18/h1-9,11-13,15H,10,14H2,(H2-,29,30,31,32,34,35). The Labute approximate surface area is 202 Å². The van der Waals surface area contributed by atoms with E-state index in [0.29, 0.717) is 11.3 Å². The normalized spacial score (nSPS) is 11.8. The van der Waals surface area contributed by atoms with Gasteiger partial charge in [-0.2, -0.15) is 13.2 Å². The lowest BCUT2D eigenvalue weighted by Gasteiger charge is -2.14. The van der Waals surface area contributed by atoms with E-state index in [0.717, 1.165) is 12.1 Å². The van der Waals surface area contributed by atoms with Crippen LogP contribution in [-0.4, -0.2) is 22.2 Å². The third kappa shape index (κ3) is 6.88. The summed E-state index contributed by atoms with van der Waals surface area (Å²) in [6.45, 7) is 0.281. The monoisotopic (exact) mass is 496 g/mol. The molecule has 36 heavy (non-hydrogen) atoms. The SMILES string of the molecule is O=C(Nc1cc(N=C([O-])Cc2ccccc2)cc(C(F)(F)F)c1)Nc1c[n+](Cc2ccccn2)no1. The number of rotatable bonds is 7. The summed E-state index contributed by atoms with van der Waals surface area (Å²) < 4.78 is 46.6.